The first-order chi connectivity index (χ1) is 8.29. The normalized spacial score (nSPS) is 17.4. The number of hydrogen-bond donors (Lipinski definition) is 1. The van der Waals surface area contributed by atoms with Crippen molar-refractivity contribution in [3.63, 3.8) is 0 Å². The fourth-order valence-electron chi connectivity index (χ4n) is 2.34. The molecule has 0 aromatic heterocycles. The van der Waals surface area contributed by atoms with Gasteiger partial charge in [0, 0.05) is 24.8 Å². The highest BCUT2D eigenvalue weighted by Gasteiger charge is 2.18. The summed E-state index contributed by atoms with van der Waals surface area (Å²) < 4.78 is 12.8. The monoisotopic (exact) mass is 236 g/mol. The maximum absolute atomic E-state index is 12.8. The molecule has 0 spiro atoms. The number of hydrogen-bond acceptors (Lipinski definition) is 2. The van der Waals surface area contributed by atoms with Gasteiger partial charge in [-0.3, -0.25) is 0 Å². The van der Waals surface area contributed by atoms with Crippen LogP contribution in [-0.4, -0.2) is 25.7 Å². The van der Waals surface area contributed by atoms with Crippen molar-refractivity contribution in [3.8, 4) is 0 Å². The zero-order valence-corrected chi connectivity index (χ0v) is 10.5. The summed E-state index contributed by atoms with van der Waals surface area (Å²) in [5, 5.41) is 3.57. The Balaban J connectivity index is 1.84. The minimum Gasteiger partial charge on any atom is -0.371 e. The molecule has 0 amide bonds. The summed E-state index contributed by atoms with van der Waals surface area (Å²) in [5.41, 5.74) is 1.14. The van der Waals surface area contributed by atoms with Crippen LogP contribution in [0.2, 0.25) is 0 Å². The lowest BCUT2D eigenvalue weighted by Gasteiger charge is -2.34. The third kappa shape index (κ3) is 3.43. The van der Waals surface area contributed by atoms with E-state index in [0.29, 0.717) is 6.04 Å². The van der Waals surface area contributed by atoms with E-state index in [1.54, 1.807) is 0 Å². The second kappa shape index (κ2) is 6.01. The molecule has 0 radical (unpaired) electrons. The van der Waals surface area contributed by atoms with E-state index < -0.39 is 0 Å². The predicted octanol–water partition coefficient (Wildman–Crippen LogP) is 2.79. The molecule has 3 heteroatoms. The summed E-state index contributed by atoms with van der Waals surface area (Å²) in [4.78, 5) is 2.34. The summed E-state index contributed by atoms with van der Waals surface area (Å²) in [6.07, 6.45) is 3.55. The molecule has 2 rings (SSSR count). The topological polar surface area (TPSA) is 15.3 Å². The van der Waals surface area contributed by atoms with Crippen LogP contribution in [0.25, 0.3) is 0 Å². The first-order valence-corrected chi connectivity index (χ1v) is 6.53. The van der Waals surface area contributed by atoms with Crippen molar-refractivity contribution in [1.82, 2.24) is 5.32 Å². The lowest BCUT2D eigenvalue weighted by atomic mass is 10.0. The summed E-state index contributed by atoms with van der Waals surface area (Å²) in [6.45, 7) is 5.43. The highest BCUT2D eigenvalue weighted by atomic mass is 19.1. The van der Waals surface area contributed by atoms with Gasteiger partial charge < -0.3 is 10.2 Å². The minimum atomic E-state index is -0.159. The van der Waals surface area contributed by atoms with E-state index in [-0.39, 0.29) is 5.82 Å². The van der Waals surface area contributed by atoms with Gasteiger partial charge in [-0.15, -0.1) is 0 Å². The number of benzene rings is 1. The Kier molecular flexibility index (Phi) is 4.37. The van der Waals surface area contributed by atoms with E-state index >= 15 is 0 Å². The number of nitrogens with one attached hydrogen (secondary N) is 1. The number of nitrogens with zero attached hydrogens (tertiary/aromatic N) is 1. The van der Waals surface area contributed by atoms with Gasteiger partial charge in [-0.05, 0) is 50.1 Å². The van der Waals surface area contributed by atoms with Crippen LogP contribution < -0.4 is 10.2 Å². The van der Waals surface area contributed by atoms with Crippen LogP contribution in [0.5, 0.6) is 0 Å². The molecule has 1 aromatic rings. The lowest BCUT2D eigenvalue weighted by Crippen LogP contribution is -2.42. The van der Waals surface area contributed by atoms with Crippen molar-refractivity contribution < 1.29 is 4.39 Å². The Bertz CT molecular complexity index is 329. The zero-order chi connectivity index (χ0) is 12.1. The SMILES string of the molecule is CCCNC1CCN(c2ccc(F)cc2)CC1. The average molecular weight is 236 g/mol. The van der Waals surface area contributed by atoms with Crippen LogP contribution in [0.15, 0.2) is 24.3 Å². The van der Waals surface area contributed by atoms with E-state index in [4.69, 9.17) is 0 Å². The summed E-state index contributed by atoms with van der Waals surface area (Å²) in [7, 11) is 0. The zero-order valence-electron chi connectivity index (χ0n) is 10.5. The molecular weight excluding hydrogens is 215 g/mol. The smallest absolute Gasteiger partial charge is 0.123 e. The van der Waals surface area contributed by atoms with Crippen LogP contribution in [0, 0.1) is 5.82 Å². The number of anilines is 1. The van der Waals surface area contributed by atoms with Crippen LogP contribution in [-0.2, 0) is 0 Å². The first kappa shape index (κ1) is 12.4. The Morgan fingerprint density at radius 3 is 2.47 bits per heavy atom. The molecule has 1 aromatic carbocycles. The van der Waals surface area contributed by atoms with Crippen molar-refractivity contribution in [3.05, 3.63) is 30.1 Å². The Hall–Kier alpha value is -1.09. The van der Waals surface area contributed by atoms with E-state index in [1.807, 2.05) is 12.1 Å². The first-order valence-electron chi connectivity index (χ1n) is 6.53. The Morgan fingerprint density at radius 1 is 1.24 bits per heavy atom. The molecular formula is C14H21FN2. The molecule has 1 aliphatic heterocycles. The molecule has 0 unspecified atom stereocenters. The quantitative estimate of drug-likeness (QED) is 0.864. The molecule has 0 bridgehead atoms. The summed E-state index contributed by atoms with van der Waals surface area (Å²) >= 11 is 0. The molecule has 1 heterocycles. The van der Waals surface area contributed by atoms with Crippen molar-refractivity contribution in [2.24, 2.45) is 0 Å². The molecule has 1 N–H and O–H groups in total. The second-order valence-electron chi connectivity index (χ2n) is 4.69. The number of halogens is 1. The van der Waals surface area contributed by atoms with Crippen molar-refractivity contribution in [2.75, 3.05) is 24.5 Å². The largest absolute Gasteiger partial charge is 0.371 e. The van der Waals surface area contributed by atoms with Crippen LogP contribution >= 0.6 is 0 Å². The average Bonchev–Trinajstić information content (AvgIpc) is 2.38. The van der Waals surface area contributed by atoms with Gasteiger partial charge in [0.1, 0.15) is 5.82 Å². The van der Waals surface area contributed by atoms with Gasteiger partial charge in [-0.1, -0.05) is 6.92 Å². The molecule has 17 heavy (non-hydrogen) atoms. The number of piperidine rings is 1. The highest BCUT2D eigenvalue weighted by Crippen LogP contribution is 2.20. The van der Waals surface area contributed by atoms with Gasteiger partial charge in [0.15, 0.2) is 0 Å². The molecule has 0 aliphatic carbocycles. The third-order valence-corrected chi connectivity index (χ3v) is 3.37. The van der Waals surface area contributed by atoms with Gasteiger partial charge >= 0.3 is 0 Å². The van der Waals surface area contributed by atoms with Crippen molar-refractivity contribution in [1.29, 1.82) is 0 Å². The molecule has 2 nitrogen and oxygen atoms in total. The minimum absolute atomic E-state index is 0.159. The van der Waals surface area contributed by atoms with Crippen LogP contribution in [0.4, 0.5) is 10.1 Å². The van der Waals surface area contributed by atoms with E-state index in [0.717, 1.165) is 25.3 Å². The predicted molar refractivity (Wildman–Crippen MR) is 69.9 cm³/mol. The van der Waals surface area contributed by atoms with Crippen molar-refractivity contribution in [2.45, 2.75) is 32.2 Å². The Morgan fingerprint density at radius 2 is 1.88 bits per heavy atom. The van der Waals surface area contributed by atoms with Gasteiger partial charge in [0.2, 0.25) is 0 Å². The molecule has 0 atom stereocenters. The lowest BCUT2D eigenvalue weighted by molar-refractivity contribution is 0.416. The van der Waals surface area contributed by atoms with Gasteiger partial charge in [0.25, 0.3) is 0 Å². The third-order valence-electron chi connectivity index (χ3n) is 3.37. The van der Waals surface area contributed by atoms with E-state index in [2.05, 4.69) is 17.1 Å². The van der Waals surface area contributed by atoms with Crippen molar-refractivity contribution >= 4 is 5.69 Å². The molecule has 1 saturated heterocycles. The van der Waals surface area contributed by atoms with Gasteiger partial charge in [-0.2, -0.15) is 0 Å². The van der Waals surface area contributed by atoms with Crippen LogP contribution in [0.3, 0.4) is 0 Å². The fourth-order valence-corrected chi connectivity index (χ4v) is 2.34. The van der Waals surface area contributed by atoms with E-state index in [9.17, 15) is 4.39 Å². The second-order valence-corrected chi connectivity index (χ2v) is 4.69. The van der Waals surface area contributed by atoms with Gasteiger partial charge in [0.05, 0.1) is 0 Å². The highest BCUT2D eigenvalue weighted by molar-refractivity contribution is 5.46. The maximum Gasteiger partial charge on any atom is 0.123 e. The molecule has 1 fully saturated rings. The molecule has 94 valence electrons. The molecule has 0 saturated carbocycles. The summed E-state index contributed by atoms with van der Waals surface area (Å²) in [5.74, 6) is -0.159. The molecule has 1 aliphatic rings. The van der Waals surface area contributed by atoms with E-state index in [1.165, 1.54) is 31.4 Å². The van der Waals surface area contributed by atoms with Gasteiger partial charge in [-0.25, -0.2) is 4.39 Å². The maximum atomic E-state index is 12.8. The van der Waals surface area contributed by atoms with Crippen LogP contribution in [0.1, 0.15) is 26.2 Å². The number of rotatable bonds is 4. The Labute approximate surface area is 103 Å². The standard InChI is InChI=1S/C14H21FN2/c1-2-9-16-13-7-10-17(11-8-13)14-5-3-12(15)4-6-14/h3-6,13,16H,2,7-11H2,1H3. The summed E-state index contributed by atoms with van der Waals surface area (Å²) in [6, 6.07) is 7.48. The fraction of sp³-hybridized carbons (Fsp3) is 0.571.